The quantitative estimate of drug-likeness (QED) is 0.860. The summed E-state index contributed by atoms with van der Waals surface area (Å²) in [5.74, 6) is 1.24. The highest BCUT2D eigenvalue weighted by atomic mass is 19.1. The molecule has 3 rings (SSSR count). The van der Waals surface area contributed by atoms with Crippen LogP contribution in [0.2, 0.25) is 0 Å². The van der Waals surface area contributed by atoms with Crippen LogP contribution in [-0.4, -0.2) is 24.7 Å². The van der Waals surface area contributed by atoms with Gasteiger partial charge in [-0.25, -0.2) is 4.39 Å². The van der Waals surface area contributed by atoms with Gasteiger partial charge < -0.3 is 19.5 Å². The van der Waals surface area contributed by atoms with Gasteiger partial charge in [-0.15, -0.1) is 0 Å². The van der Waals surface area contributed by atoms with Gasteiger partial charge in [0.05, 0.1) is 13.2 Å². The lowest BCUT2D eigenvalue weighted by Crippen LogP contribution is -2.44. The number of nitrogens with one attached hydrogen (secondary N) is 1. The third-order valence-corrected chi connectivity index (χ3v) is 4.49. The van der Waals surface area contributed by atoms with E-state index in [4.69, 9.17) is 14.2 Å². The summed E-state index contributed by atoms with van der Waals surface area (Å²) in [6, 6.07) is 11.0. The van der Waals surface area contributed by atoms with E-state index in [0.717, 1.165) is 5.56 Å². The molecule has 144 valence electrons. The molecule has 1 heterocycles. The van der Waals surface area contributed by atoms with Gasteiger partial charge in [-0.3, -0.25) is 4.79 Å². The molecule has 2 atom stereocenters. The van der Waals surface area contributed by atoms with Crippen molar-refractivity contribution < 1.29 is 23.4 Å². The summed E-state index contributed by atoms with van der Waals surface area (Å²) in [4.78, 5) is 12.7. The monoisotopic (exact) mass is 373 g/mol. The van der Waals surface area contributed by atoms with Gasteiger partial charge in [0.25, 0.3) is 5.91 Å². The van der Waals surface area contributed by atoms with Crippen molar-refractivity contribution in [1.82, 2.24) is 5.32 Å². The second-order valence-corrected chi connectivity index (χ2v) is 7.24. The van der Waals surface area contributed by atoms with E-state index in [1.807, 2.05) is 32.0 Å². The van der Waals surface area contributed by atoms with Crippen molar-refractivity contribution in [3.8, 4) is 17.2 Å². The first-order valence-corrected chi connectivity index (χ1v) is 8.87. The molecule has 0 aromatic heterocycles. The number of halogens is 1. The molecule has 2 aromatic carbocycles. The van der Waals surface area contributed by atoms with Gasteiger partial charge in [0, 0.05) is 18.1 Å². The van der Waals surface area contributed by atoms with Crippen LogP contribution in [0.25, 0.3) is 0 Å². The molecule has 0 spiro atoms. The zero-order valence-electron chi connectivity index (χ0n) is 15.9. The smallest absolute Gasteiger partial charge is 0.261 e. The molecule has 5 nitrogen and oxygen atoms in total. The summed E-state index contributed by atoms with van der Waals surface area (Å²) >= 11 is 0. The van der Waals surface area contributed by atoms with Crippen LogP contribution in [0.4, 0.5) is 4.39 Å². The molecular formula is C21H24FNO4. The largest absolute Gasteiger partial charge is 0.497 e. The number of rotatable bonds is 5. The number of hydrogen-bond donors (Lipinski definition) is 1. The highest BCUT2D eigenvalue weighted by Crippen LogP contribution is 2.41. The average Bonchev–Trinajstić information content (AvgIpc) is 2.62. The zero-order valence-corrected chi connectivity index (χ0v) is 15.9. The van der Waals surface area contributed by atoms with Crippen LogP contribution in [0.15, 0.2) is 42.5 Å². The number of ether oxygens (including phenoxy) is 3. The molecule has 0 aliphatic carbocycles. The molecular weight excluding hydrogens is 349 g/mol. The van der Waals surface area contributed by atoms with Crippen LogP contribution in [0.1, 0.15) is 38.8 Å². The SMILES string of the molecule is COc1ccc2c(c1)OC(C)(C)C[C@H]2NC(=O)[C@H](C)Oc1ccc(F)cc1. The van der Waals surface area contributed by atoms with Crippen LogP contribution in [0.5, 0.6) is 17.2 Å². The third kappa shape index (κ3) is 4.51. The number of carbonyl (C=O) groups is 1. The van der Waals surface area contributed by atoms with E-state index in [2.05, 4.69) is 5.32 Å². The maximum Gasteiger partial charge on any atom is 0.261 e. The molecule has 1 amide bonds. The molecule has 0 bridgehead atoms. The molecule has 0 saturated carbocycles. The first-order chi connectivity index (χ1) is 12.8. The number of amides is 1. The highest BCUT2D eigenvalue weighted by Gasteiger charge is 2.35. The molecule has 2 aromatic rings. The summed E-state index contributed by atoms with van der Waals surface area (Å²) in [5, 5.41) is 3.04. The molecule has 0 radical (unpaired) electrons. The van der Waals surface area contributed by atoms with Crippen molar-refractivity contribution in [3.05, 3.63) is 53.8 Å². The van der Waals surface area contributed by atoms with Gasteiger partial charge in [-0.1, -0.05) is 0 Å². The van der Waals surface area contributed by atoms with Crippen LogP contribution in [-0.2, 0) is 4.79 Å². The van der Waals surface area contributed by atoms with Gasteiger partial charge in [0.1, 0.15) is 28.7 Å². The summed E-state index contributed by atoms with van der Waals surface area (Å²) in [7, 11) is 1.60. The lowest BCUT2D eigenvalue weighted by atomic mass is 9.89. The van der Waals surface area contributed by atoms with Crippen molar-refractivity contribution in [2.45, 2.75) is 44.9 Å². The van der Waals surface area contributed by atoms with Gasteiger partial charge in [-0.2, -0.15) is 0 Å². The minimum absolute atomic E-state index is 0.207. The average molecular weight is 373 g/mol. The zero-order chi connectivity index (χ0) is 19.6. The minimum atomic E-state index is -0.719. The Bertz CT molecular complexity index is 819. The van der Waals surface area contributed by atoms with E-state index in [-0.39, 0.29) is 17.8 Å². The topological polar surface area (TPSA) is 56.8 Å². The fourth-order valence-corrected chi connectivity index (χ4v) is 3.15. The van der Waals surface area contributed by atoms with Gasteiger partial charge in [-0.05, 0) is 57.2 Å². The Balaban J connectivity index is 1.74. The van der Waals surface area contributed by atoms with E-state index in [9.17, 15) is 9.18 Å². The fraction of sp³-hybridized carbons (Fsp3) is 0.381. The van der Waals surface area contributed by atoms with Gasteiger partial charge >= 0.3 is 0 Å². The van der Waals surface area contributed by atoms with E-state index < -0.39 is 11.7 Å². The molecule has 1 N–H and O–H groups in total. The first kappa shape index (κ1) is 19.0. The Morgan fingerprint density at radius 3 is 2.56 bits per heavy atom. The van der Waals surface area contributed by atoms with E-state index in [0.29, 0.717) is 23.7 Å². The van der Waals surface area contributed by atoms with Crippen molar-refractivity contribution in [2.75, 3.05) is 7.11 Å². The molecule has 6 heteroatoms. The highest BCUT2D eigenvalue weighted by molar-refractivity contribution is 5.81. The number of carbonyl (C=O) groups excluding carboxylic acids is 1. The summed E-state index contributed by atoms with van der Waals surface area (Å²) < 4.78 is 29.9. The van der Waals surface area contributed by atoms with Gasteiger partial charge in [0.15, 0.2) is 6.10 Å². The molecule has 1 aliphatic heterocycles. The van der Waals surface area contributed by atoms with Gasteiger partial charge in [0.2, 0.25) is 0 Å². The molecule has 27 heavy (non-hydrogen) atoms. The molecule has 0 unspecified atom stereocenters. The van der Waals surface area contributed by atoms with Crippen molar-refractivity contribution >= 4 is 5.91 Å². The van der Waals surface area contributed by atoms with Crippen molar-refractivity contribution in [3.63, 3.8) is 0 Å². The summed E-state index contributed by atoms with van der Waals surface area (Å²) in [6.45, 7) is 5.62. The Morgan fingerprint density at radius 2 is 1.89 bits per heavy atom. The molecule has 0 fully saturated rings. The molecule has 1 aliphatic rings. The predicted molar refractivity (Wildman–Crippen MR) is 99.7 cm³/mol. The van der Waals surface area contributed by atoms with Crippen molar-refractivity contribution in [2.24, 2.45) is 0 Å². The van der Waals surface area contributed by atoms with Crippen molar-refractivity contribution in [1.29, 1.82) is 0 Å². The van der Waals surface area contributed by atoms with E-state index in [1.54, 1.807) is 14.0 Å². The summed E-state index contributed by atoms with van der Waals surface area (Å²) in [5.41, 5.74) is 0.468. The second kappa shape index (κ2) is 7.47. The summed E-state index contributed by atoms with van der Waals surface area (Å²) in [6.07, 6.45) is -0.0930. The van der Waals surface area contributed by atoms with Crippen LogP contribution in [0, 0.1) is 5.82 Å². The van der Waals surface area contributed by atoms with E-state index >= 15 is 0 Å². The Hall–Kier alpha value is -2.76. The van der Waals surface area contributed by atoms with Crippen LogP contribution < -0.4 is 19.5 Å². The minimum Gasteiger partial charge on any atom is -0.497 e. The Morgan fingerprint density at radius 1 is 1.22 bits per heavy atom. The Kier molecular flexibility index (Phi) is 5.26. The molecule has 0 saturated heterocycles. The van der Waals surface area contributed by atoms with E-state index in [1.165, 1.54) is 24.3 Å². The predicted octanol–water partition coefficient (Wildman–Crippen LogP) is 4.02. The lowest BCUT2D eigenvalue weighted by Gasteiger charge is -2.38. The second-order valence-electron chi connectivity index (χ2n) is 7.24. The standard InChI is InChI=1S/C21H24FNO4/c1-13(26-15-7-5-14(22)6-8-15)20(24)23-18-12-21(2,3)27-19-11-16(25-4)9-10-17(18)19/h5-11,13,18H,12H2,1-4H3,(H,23,24)/t13-,18+/m0/s1. The number of hydrogen-bond acceptors (Lipinski definition) is 4. The fourth-order valence-electron chi connectivity index (χ4n) is 3.15. The number of fused-ring (bicyclic) bond motifs is 1. The Labute approximate surface area is 158 Å². The maximum atomic E-state index is 13.0. The van der Waals surface area contributed by atoms with Crippen LogP contribution in [0.3, 0.4) is 0 Å². The normalized spacial score (nSPS) is 18.6. The first-order valence-electron chi connectivity index (χ1n) is 8.87. The van der Waals surface area contributed by atoms with Crippen LogP contribution >= 0.6 is 0 Å². The maximum absolute atomic E-state index is 13.0. The third-order valence-electron chi connectivity index (χ3n) is 4.49. The number of methoxy groups -OCH3 is 1. The number of benzene rings is 2. The lowest BCUT2D eigenvalue weighted by molar-refractivity contribution is -0.128.